The van der Waals surface area contributed by atoms with Crippen molar-refractivity contribution in [3.63, 3.8) is 0 Å². The summed E-state index contributed by atoms with van der Waals surface area (Å²) in [5.74, 6) is 0.875. The van der Waals surface area contributed by atoms with Crippen LogP contribution in [0.5, 0.6) is 0 Å². The predicted molar refractivity (Wildman–Crippen MR) is 59.3 cm³/mol. The second-order valence-corrected chi connectivity index (χ2v) is 4.20. The Kier molecular flexibility index (Phi) is 3.31. The van der Waals surface area contributed by atoms with E-state index in [1.807, 2.05) is 0 Å². The third-order valence-electron chi connectivity index (χ3n) is 2.34. The predicted octanol–water partition coefficient (Wildman–Crippen LogP) is 1.36. The first-order valence-electron chi connectivity index (χ1n) is 4.78. The number of nitrogens with one attached hydrogen (secondary N) is 1. The lowest BCUT2D eigenvalue weighted by Crippen LogP contribution is -2.40. The van der Waals surface area contributed by atoms with Crippen LogP contribution >= 0.6 is 15.9 Å². The van der Waals surface area contributed by atoms with Gasteiger partial charge in [-0.3, -0.25) is 0 Å². The standard InChI is InChI=1S/C9H13BrN4/c10-8-6-11-7-13-9(8)12-2-5-14-3-1-4-14/h6-7H,1-5H2,(H,11,12,13). The van der Waals surface area contributed by atoms with Gasteiger partial charge in [-0.25, -0.2) is 9.97 Å². The lowest BCUT2D eigenvalue weighted by molar-refractivity contribution is 0.189. The zero-order valence-electron chi connectivity index (χ0n) is 7.91. The lowest BCUT2D eigenvalue weighted by atomic mass is 10.2. The summed E-state index contributed by atoms with van der Waals surface area (Å²) in [6, 6.07) is 0. The van der Waals surface area contributed by atoms with Gasteiger partial charge in [0.15, 0.2) is 0 Å². The molecule has 0 spiro atoms. The lowest BCUT2D eigenvalue weighted by Gasteiger charge is -2.30. The quantitative estimate of drug-likeness (QED) is 0.884. The van der Waals surface area contributed by atoms with Crippen LogP contribution in [0.4, 0.5) is 5.82 Å². The molecule has 2 rings (SSSR count). The van der Waals surface area contributed by atoms with E-state index in [4.69, 9.17) is 0 Å². The molecule has 0 unspecified atom stereocenters. The molecule has 14 heavy (non-hydrogen) atoms. The van der Waals surface area contributed by atoms with E-state index < -0.39 is 0 Å². The van der Waals surface area contributed by atoms with E-state index in [2.05, 4.69) is 36.1 Å². The average Bonchev–Trinajstić information content (AvgIpc) is 2.12. The van der Waals surface area contributed by atoms with E-state index in [9.17, 15) is 0 Å². The van der Waals surface area contributed by atoms with Gasteiger partial charge in [0.1, 0.15) is 12.1 Å². The van der Waals surface area contributed by atoms with E-state index >= 15 is 0 Å². The van der Waals surface area contributed by atoms with Gasteiger partial charge in [0, 0.05) is 19.3 Å². The molecule has 0 saturated carbocycles. The fourth-order valence-electron chi connectivity index (χ4n) is 1.38. The number of aromatic nitrogens is 2. The summed E-state index contributed by atoms with van der Waals surface area (Å²) < 4.78 is 0.920. The zero-order valence-corrected chi connectivity index (χ0v) is 9.50. The van der Waals surface area contributed by atoms with Crippen LogP contribution in [0, 0.1) is 0 Å². The molecule has 1 N–H and O–H groups in total. The van der Waals surface area contributed by atoms with Gasteiger partial charge in [-0.05, 0) is 35.4 Å². The highest BCUT2D eigenvalue weighted by Crippen LogP contribution is 2.16. The minimum absolute atomic E-state index is 0.875. The number of hydrogen-bond donors (Lipinski definition) is 1. The zero-order chi connectivity index (χ0) is 9.80. The fourth-order valence-corrected chi connectivity index (χ4v) is 1.74. The summed E-state index contributed by atoms with van der Waals surface area (Å²) in [7, 11) is 0. The van der Waals surface area contributed by atoms with Crippen LogP contribution in [0.3, 0.4) is 0 Å². The molecule has 0 aromatic carbocycles. The molecule has 76 valence electrons. The van der Waals surface area contributed by atoms with Gasteiger partial charge in [-0.2, -0.15) is 0 Å². The molecule has 1 fully saturated rings. The summed E-state index contributed by atoms with van der Waals surface area (Å²) in [5.41, 5.74) is 0. The number of rotatable bonds is 4. The minimum Gasteiger partial charge on any atom is -0.368 e. The summed E-state index contributed by atoms with van der Waals surface area (Å²) in [6.07, 6.45) is 4.65. The SMILES string of the molecule is Brc1cncnc1NCCN1CCC1. The van der Waals surface area contributed by atoms with E-state index in [0.29, 0.717) is 0 Å². The van der Waals surface area contributed by atoms with E-state index in [0.717, 1.165) is 23.4 Å². The first-order chi connectivity index (χ1) is 6.86. The van der Waals surface area contributed by atoms with Crippen molar-refractivity contribution in [1.29, 1.82) is 0 Å². The van der Waals surface area contributed by atoms with Crippen molar-refractivity contribution < 1.29 is 0 Å². The van der Waals surface area contributed by atoms with Crippen LogP contribution in [-0.4, -0.2) is 41.0 Å². The fraction of sp³-hybridized carbons (Fsp3) is 0.556. The second kappa shape index (κ2) is 4.70. The van der Waals surface area contributed by atoms with Gasteiger partial charge in [0.2, 0.25) is 0 Å². The maximum Gasteiger partial charge on any atom is 0.143 e. The Bertz CT molecular complexity index is 301. The summed E-state index contributed by atoms with van der Waals surface area (Å²) in [4.78, 5) is 10.5. The van der Waals surface area contributed by atoms with Gasteiger partial charge < -0.3 is 10.2 Å². The van der Waals surface area contributed by atoms with Crippen molar-refractivity contribution in [2.24, 2.45) is 0 Å². The third-order valence-corrected chi connectivity index (χ3v) is 2.92. The summed E-state index contributed by atoms with van der Waals surface area (Å²) >= 11 is 3.39. The van der Waals surface area contributed by atoms with Crippen molar-refractivity contribution >= 4 is 21.7 Å². The molecule has 0 bridgehead atoms. The molecule has 0 radical (unpaired) electrons. The van der Waals surface area contributed by atoms with Crippen molar-refractivity contribution in [2.45, 2.75) is 6.42 Å². The smallest absolute Gasteiger partial charge is 0.143 e. The minimum atomic E-state index is 0.875. The molecule has 0 aliphatic carbocycles. The molecular formula is C9H13BrN4. The molecule has 1 aliphatic heterocycles. The summed E-state index contributed by atoms with van der Waals surface area (Å²) in [5, 5.41) is 3.27. The van der Waals surface area contributed by atoms with Crippen LogP contribution < -0.4 is 5.32 Å². The Morgan fingerprint density at radius 1 is 1.50 bits per heavy atom. The second-order valence-electron chi connectivity index (χ2n) is 3.34. The van der Waals surface area contributed by atoms with Crippen molar-refractivity contribution in [3.05, 3.63) is 17.0 Å². The van der Waals surface area contributed by atoms with Gasteiger partial charge in [0.05, 0.1) is 4.47 Å². The van der Waals surface area contributed by atoms with Crippen LogP contribution in [0.1, 0.15) is 6.42 Å². The molecular weight excluding hydrogens is 244 g/mol. The Labute approximate surface area is 91.9 Å². The first kappa shape index (κ1) is 9.86. The molecule has 0 atom stereocenters. The van der Waals surface area contributed by atoms with Crippen molar-refractivity contribution in [2.75, 3.05) is 31.5 Å². The van der Waals surface area contributed by atoms with Gasteiger partial charge >= 0.3 is 0 Å². The Morgan fingerprint density at radius 3 is 3.00 bits per heavy atom. The van der Waals surface area contributed by atoms with Gasteiger partial charge in [-0.1, -0.05) is 0 Å². The Balaban J connectivity index is 1.76. The topological polar surface area (TPSA) is 41.1 Å². The number of anilines is 1. The normalized spacial score (nSPS) is 16.4. The molecule has 2 heterocycles. The van der Waals surface area contributed by atoms with Gasteiger partial charge in [-0.15, -0.1) is 0 Å². The van der Waals surface area contributed by atoms with Crippen LogP contribution in [0.15, 0.2) is 17.0 Å². The van der Waals surface area contributed by atoms with Crippen molar-refractivity contribution in [3.8, 4) is 0 Å². The van der Waals surface area contributed by atoms with Gasteiger partial charge in [0.25, 0.3) is 0 Å². The Hall–Kier alpha value is -0.680. The maximum absolute atomic E-state index is 4.13. The number of hydrogen-bond acceptors (Lipinski definition) is 4. The molecule has 5 heteroatoms. The van der Waals surface area contributed by atoms with E-state index in [-0.39, 0.29) is 0 Å². The number of likely N-dealkylation sites (tertiary alicyclic amines) is 1. The maximum atomic E-state index is 4.13. The molecule has 1 saturated heterocycles. The number of halogens is 1. The van der Waals surface area contributed by atoms with Crippen LogP contribution in [0.25, 0.3) is 0 Å². The van der Waals surface area contributed by atoms with E-state index in [1.54, 1.807) is 12.5 Å². The highest BCUT2D eigenvalue weighted by Gasteiger charge is 2.12. The summed E-state index contributed by atoms with van der Waals surface area (Å²) in [6.45, 7) is 4.52. The molecule has 4 nitrogen and oxygen atoms in total. The van der Waals surface area contributed by atoms with E-state index in [1.165, 1.54) is 19.5 Å². The number of nitrogens with zero attached hydrogens (tertiary/aromatic N) is 3. The third kappa shape index (κ3) is 2.42. The largest absolute Gasteiger partial charge is 0.368 e. The first-order valence-corrected chi connectivity index (χ1v) is 5.57. The molecule has 1 aromatic heterocycles. The highest BCUT2D eigenvalue weighted by atomic mass is 79.9. The monoisotopic (exact) mass is 256 g/mol. The van der Waals surface area contributed by atoms with Crippen LogP contribution in [-0.2, 0) is 0 Å². The highest BCUT2D eigenvalue weighted by molar-refractivity contribution is 9.10. The van der Waals surface area contributed by atoms with Crippen LogP contribution in [0.2, 0.25) is 0 Å². The average molecular weight is 257 g/mol. The molecule has 1 aliphatic rings. The Morgan fingerprint density at radius 2 is 2.36 bits per heavy atom. The molecule has 0 amide bonds. The van der Waals surface area contributed by atoms with Crippen molar-refractivity contribution in [1.82, 2.24) is 14.9 Å². The molecule has 1 aromatic rings.